The van der Waals surface area contributed by atoms with Crippen LogP contribution in [0.25, 0.3) is 0 Å². The van der Waals surface area contributed by atoms with Crippen molar-refractivity contribution in [2.24, 2.45) is 0 Å². The monoisotopic (exact) mass is 369 g/mol. The lowest BCUT2D eigenvalue weighted by Gasteiger charge is -2.09. The van der Waals surface area contributed by atoms with Gasteiger partial charge in [0.25, 0.3) is 0 Å². The van der Waals surface area contributed by atoms with Crippen LogP contribution in [-0.2, 0) is 6.42 Å². The van der Waals surface area contributed by atoms with Crippen LogP contribution in [0.3, 0.4) is 0 Å². The molecule has 0 aliphatic heterocycles. The van der Waals surface area contributed by atoms with Crippen molar-refractivity contribution in [3.63, 3.8) is 0 Å². The first-order chi connectivity index (χ1) is 9.21. The number of rotatable bonds is 5. The molecular formula is C14H16IN3O. The van der Waals surface area contributed by atoms with Gasteiger partial charge in [-0.3, -0.25) is 0 Å². The number of aryl methyl sites for hydroxylation is 1. The molecule has 0 radical (unpaired) electrons. The summed E-state index contributed by atoms with van der Waals surface area (Å²) in [5.41, 5.74) is 0. The molecule has 0 atom stereocenters. The third kappa shape index (κ3) is 4.05. The summed E-state index contributed by atoms with van der Waals surface area (Å²) in [6.45, 7) is 4.89. The average molecular weight is 369 g/mol. The summed E-state index contributed by atoms with van der Waals surface area (Å²) >= 11 is 2.26. The summed E-state index contributed by atoms with van der Waals surface area (Å²) in [6.07, 6.45) is 0.780. The Morgan fingerprint density at radius 3 is 2.74 bits per heavy atom. The van der Waals surface area contributed by atoms with Crippen molar-refractivity contribution < 1.29 is 4.74 Å². The smallest absolute Gasteiger partial charge is 0.224 e. The standard InChI is InChI=1S/C14H16IN3O/c1-3-12-17-13(16-4-2)9-14(18-12)19-11-7-5-6-10(15)8-11/h5-9H,3-4H2,1-2H3,(H,16,17,18). The molecule has 2 aromatic rings. The van der Waals surface area contributed by atoms with Gasteiger partial charge >= 0.3 is 0 Å². The van der Waals surface area contributed by atoms with E-state index in [0.717, 1.165) is 33.9 Å². The molecule has 1 heterocycles. The number of ether oxygens (including phenoxy) is 1. The van der Waals surface area contributed by atoms with Gasteiger partial charge in [-0.25, -0.2) is 4.98 Å². The lowest BCUT2D eigenvalue weighted by Crippen LogP contribution is -2.04. The fourth-order valence-corrected chi connectivity index (χ4v) is 2.12. The SMILES string of the molecule is CCNc1cc(Oc2cccc(I)c2)nc(CC)n1. The molecule has 0 aliphatic rings. The Morgan fingerprint density at radius 2 is 2.05 bits per heavy atom. The van der Waals surface area contributed by atoms with Crippen LogP contribution in [0.4, 0.5) is 5.82 Å². The molecule has 0 saturated carbocycles. The molecule has 1 aromatic heterocycles. The summed E-state index contributed by atoms with van der Waals surface area (Å²) in [4.78, 5) is 8.78. The number of hydrogen-bond acceptors (Lipinski definition) is 4. The van der Waals surface area contributed by atoms with E-state index in [1.807, 2.05) is 44.2 Å². The zero-order chi connectivity index (χ0) is 13.7. The van der Waals surface area contributed by atoms with Gasteiger partial charge in [-0.2, -0.15) is 4.98 Å². The molecule has 19 heavy (non-hydrogen) atoms. The average Bonchev–Trinajstić information content (AvgIpc) is 2.39. The summed E-state index contributed by atoms with van der Waals surface area (Å²) in [7, 11) is 0. The Morgan fingerprint density at radius 1 is 1.21 bits per heavy atom. The minimum absolute atomic E-state index is 0.574. The molecule has 1 aromatic carbocycles. The third-order valence-electron chi connectivity index (χ3n) is 2.44. The van der Waals surface area contributed by atoms with Gasteiger partial charge in [0.1, 0.15) is 17.4 Å². The van der Waals surface area contributed by atoms with Crippen molar-refractivity contribution in [1.82, 2.24) is 9.97 Å². The first-order valence-electron chi connectivity index (χ1n) is 6.26. The number of halogens is 1. The molecule has 5 heteroatoms. The Hall–Kier alpha value is -1.37. The van der Waals surface area contributed by atoms with Gasteiger partial charge in [-0.05, 0) is 47.7 Å². The molecule has 0 saturated heterocycles. The Bertz CT molecular complexity index is 560. The van der Waals surface area contributed by atoms with Crippen LogP contribution < -0.4 is 10.1 Å². The van der Waals surface area contributed by atoms with Gasteiger partial charge in [0.2, 0.25) is 5.88 Å². The fraction of sp³-hybridized carbons (Fsp3) is 0.286. The minimum Gasteiger partial charge on any atom is -0.439 e. The third-order valence-corrected chi connectivity index (χ3v) is 3.11. The van der Waals surface area contributed by atoms with E-state index in [1.54, 1.807) is 0 Å². The topological polar surface area (TPSA) is 47.0 Å². The predicted molar refractivity (Wildman–Crippen MR) is 84.8 cm³/mol. The van der Waals surface area contributed by atoms with Crippen molar-refractivity contribution in [2.75, 3.05) is 11.9 Å². The maximum atomic E-state index is 5.79. The maximum absolute atomic E-state index is 5.79. The molecule has 0 unspecified atom stereocenters. The van der Waals surface area contributed by atoms with E-state index in [4.69, 9.17) is 4.74 Å². The van der Waals surface area contributed by atoms with Gasteiger partial charge in [0.15, 0.2) is 0 Å². The van der Waals surface area contributed by atoms with Gasteiger partial charge in [-0.1, -0.05) is 13.0 Å². The van der Waals surface area contributed by atoms with Crippen LogP contribution >= 0.6 is 22.6 Å². The summed E-state index contributed by atoms with van der Waals surface area (Å²) in [5, 5.41) is 3.19. The van der Waals surface area contributed by atoms with E-state index in [2.05, 4.69) is 37.9 Å². The van der Waals surface area contributed by atoms with E-state index in [9.17, 15) is 0 Å². The number of nitrogens with one attached hydrogen (secondary N) is 1. The second kappa shape index (κ2) is 6.70. The first kappa shape index (κ1) is 14.0. The fourth-order valence-electron chi connectivity index (χ4n) is 1.61. The van der Waals surface area contributed by atoms with E-state index in [0.29, 0.717) is 5.88 Å². The highest BCUT2D eigenvalue weighted by atomic mass is 127. The summed E-state index contributed by atoms with van der Waals surface area (Å²) in [5.74, 6) is 2.94. The zero-order valence-electron chi connectivity index (χ0n) is 11.0. The second-order valence-corrected chi connectivity index (χ2v) is 5.20. The number of hydrogen-bond donors (Lipinski definition) is 1. The number of anilines is 1. The highest BCUT2D eigenvalue weighted by molar-refractivity contribution is 14.1. The molecule has 4 nitrogen and oxygen atoms in total. The lowest BCUT2D eigenvalue weighted by molar-refractivity contribution is 0.459. The van der Waals surface area contributed by atoms with Crippen molar-refractivity contribution in [3.8, 4) is 11.6 Å². The number of nitrogens with zero attached hydrogens (tertiary/aromatic N) is 2. The van der Waals surface area contributed by atoms with Crippen molar-refractivity contribution in [1.29, 1.82) is 0 Å². The van der Waals surface area contributed by atoms with E-state index in [1.165, 1.54) is 0 Å². The lowest BCUT2D eigenvalue weighted by atomic mass is 10.3. The normalized spacial score (nSPS) is 10.3. The highest BCUT2D eigenvalue weighted by Crippen LogP contribution is 2.23. The van der Waals surface area contributed by atoms with Crippen LogP contribution in [-0.4, -0.2) is 16.5 Å². The molecule has 0 bridgehead atoms. The van der Waals surface area contributed by atoms with E-state index >= 15 is 0 Å². The van der Waals surface area contributed by atoms with Gasteiger partial charge in [0, 0.05) is 22.6 Å². The maximum Gasteiger partial charge on any atom is 0.224 e. The molecule has 0 aliphatic carbocycles. The van der Waals surface area contributed by atoms with Gasteiger partial charge in [-0.15, -0.1) is 0 Å². The Labute approximate surface area is 126 Å². The molecule has 0 spiro atoms. The quantitative estimate of drug-likeness (QED) is 0.813. The Balaban J connectivity index is 2.26. The van der Waals surface area contributed by atoms with E-state index < -0.39 is 0 Å². The van der Waals surface area contributed by atoms with Crippen LogP contribution in [0, 0.1) is 3.57 Å². The predicted octanol–water partition coefficient (Wildman–Crippen LogP) is 3.87. The number of benzene rings is 1. The zero-order valence-corrected chi connectivity index (χ0v) is 13.1. The molecule has 2 rings (SSSR count). The van der Waals surface area contributed by atoms with Gasteiger partial charge < -0.3 is 10.1 Å². The van der Waals surface area contributed by atoms with Crippen LogP contribution in [0.1, 0.15) is 19.7 Å². The van der Waals surface area contributed by atoms with Crippen LogP contribution in [0.5, 0.6) is 11.6 Å². The molecule has 100 valence electrons. The number of aromatic nitrogens is 2. The second-order valence-electron chi connectivity index (χ2n) is 3.95. The summed E-state index contributed by atoms with van der Waals surface area (Å²) < 4.78 is 6.92. The molecule has 0 amide bonds. The molecule has 0 fully saturated rings. The van der Waals surface area contributed by atoms with Crippen molar-refractivity contribution >= 4 is 28.4 Å². The first-order valence-corrected chi connectivity index (χ1v) is 7.34. The molecular weight excluding hydrogens is 353 g/mol. The molecule has 1 N–H and O–H groups in total. The van der Waals surface area contributed by atoms with Crippen LogP contribution in [0.15, 0.2) is 30.3 Å². The van der Waals surface area contributed by atoms with Crippen molar-refractivity contribution in [3.05, 3.63) is 39.7 Å². The summed E-state index contributed by atoms with van der Waals surface area (Å²) in [6, 6.07) is 9.70. The minimum atomic E-state index is 0.574. The van der Waals surface area contributed by atoms with E-state index in [-0.39, 0.29) is 0 Å². The van der Waals surface area contributed by atoms with Crippen molar-refractivity contribution in [2.45, 2.75) is 20.3 Å². The highest BCUT2D eigenvalue weighted by Gasteiger charge is 2.05. The largest absolute Gasteiger partial charge is 0.439 e. The Kier molecular flexibility index (Phi) is 4.95. The van der Waals surface area contributed by atoms with Crippen LogP contribution in [0.2, 0.25) is 0 Å². The van der Waals surface area contributed by atoms with Gasteiger partial charge in [0.05, 0.1) is 0 Å².